The van der Waals surface area contributed by atoms with Crippen LogP contribution >= 0.6 is 0 Å². The molecule has 0 bridgehead atoms. The van der Waals surface area contributed by atoms with Gasteiger partial charge < -0.3 is 9.80 Å². The van der Waals surface area contributed by atoms with Gasteiger partial charge in [0.15, 0.2) is 0 Å². The van der Waals surface area contributed by atoms with E-state index in [4.69, 9.17) is 0 Å². The molecule has 0 fully saturated rings. The summed E-state index contributed by atoms with van der Waals surface area (Å²) in [7, 11) is -1.49. The average Bonchev–Trinajstić information content (AvgIpc) is 2.46. The van der Waals surface area contributed by atoms with Gasteiger partial charge >= 0.3 is 0 Å². The summed E-state index contributed by atoms with van der Waals surface area (Å²) in [6, 6.07) is 8.19. The van der Waals surface area contributed by atoms with E-state index in [1.54, 1.807) is 6.20 Å². The van der Waals surface area contributed by atoms with Gasteiger partial charge in [0.25, 0.3) is 0 Å². The normalized spacial score (nSPS) is 14.9. The number of fused-ring (bicyclic) bond motifs is 1. The molecule has 1 aliphatic heterocycles. The minimum atomic E-state index is -3.39. The fraction of sp³-hybridized carbons (Fsp3) is 0.333. The van der Waals surface area contributed by atoms with Crippen molar-refractivity contribution in [1.29, 1.82) is 0 Å². The van der Waals surface area contributed by atoms with Crippen molar-refractivity contribution >= 4 is 21.3 Å². The van der Waals surface area contributed by atoms with Crippen LogP contribution in [0.25, 0.3) is 0 Å². The molecule has 0 atom stereocenters. The number of nitrogens with zero attached hydrogens (tertiary/aromatic N) is 4. The minimum Gasteiger partial charge on any atom is -0.349 e. The van der Waals surface area contributed by atoms with Crippen LogP contribution in [0.3, 0.4) is 0 Å². The molecule has 116 valence electrons. The van der Waals surface area contributed by atoms with Gasteiger partial charge in [0.1, 0.15) is 5.82 Å². The third kappa shape index (κ3) is 2.64. The summed E-state index contributed by atoms with van der Waals surface area (Å²) in [4.78, 5) is 12.4. The van der Waals surface area contributed by atoms with E-state index in [1.807, 2.05) is 24.1 Å². The molecule has 6 nitrogen and oxygen atoms in total. The van der Waals surface area contributed by atoms with Gasteiger partial charge in [-0.05, 0) is 18.6 Å². The molecule has 0 N–H and O–H groups in total. The van der Waals surface area contributed by atoms with Crippen LogP contribution in [-0.4, -0.2) is 38.4 Å². The Balaban J connectivity index is 1.99. The van der Waals surface area contributed by atoms with Crippen molar-refractivity contribution in [1.82, 2.24) is 9.97 Å². The highest BCUT2D eigenvalue weighted by Gasteiger charge is 2.25. The van der Waals surface area contributed by atoms with E-state index in [-0.39, 0.29) is 5.16 Å². The highest BCUT2D eigenvalue weighted by atomic mass is 32.2. The number of hydrogen-bond acceptors (Lipinski definition) is 6. The summed E-state index contributed by atoms with van der Waals surface area (Å²) in [6.07, 6.45) is 2.73. The first-order valence-corrected chi connectivity index (χ1v) is 8.83. The van der Waals surface area contributed by atoms with Gasteiger partial charge in [-0.3, -0.25) is 0 Å². The molecule has 7 heteroatoms. The predicted octanol–water partition coefficient (Wildman–Crippen LogP) is 1.60. The largest absolute Gasteiger partial charge is 0.349 e. The number of para-hydroxylation sites is 1. The molecule has 0 radical (unpaired) electrons. The maximum Gasteiger partial charge on any atom is 0.248 e. The highest BCUT2D eigenvalue weighted by Crippen LogP contribution is 2.29. The number of aromatic nitrogens is 2. The second-order valence-electron chi connectivity index (χ2n) is 5.60. The Kier molecular flexibility index (Phi) is 3.52. The van der Waals surface area contributed by atoms with E-state index in [9.17, 15) is 8.42 Å². The molecule has 1 aliphatic rings. The lowest BCUT2D eigenvalue weighted by Gasteiger charge is -2.37. The van der Waals surface area contributed by atoms with Gasteiger partial charge in [-0.25, -0.2) is 18.4 Å². The molecule has 0 saturated carbocycles. The Morgan fingerprint density at radius 1 is 1.23 bits per heavy atom. The van der Waals surface area contributed by atoms with Crippen LogP contribution in [-0.2, 0) is 16.4 Å². The first kappa shape index (κ1) is 14.8. The molecule has 0 unspecified atom stereocenters. The van der Waals surface area contributed by atoms with Crippen LogP contribution in [0.5, 0.6) is 0 Å². The van der Waals surface area contributed by atoms with Crippen LogP contribution in [0.2, 0.25) is 0 Å². The van der Waals surface area contributed by atoms with E-state index >= 15 is 0 Å². The van der Waals surface area contributed by atoms with E-state index in [0.29, 0.717) is 19.0 Å². The number of hydrogen-bond donors (Lipinski definition) is 0. The van der Waals surface area contributed by atoms with Gasteiger partial charge in [0.05, 0.1) is 6.67 Å². The van der Waals surface area contributed by atoms with Crippen LogP contribution in [0.15, 0.2) is 35.6 Å². The Morgan fingerprint density at radius 3 is 2.64 bits per heavy atom. The lowest BCUT2D eigenvalue weighted by molar-refractivity contribution is 0.591. The number of rotatable bonds is 2. The van der Waals surface area contributed by atoms with Crippen molar-refractivity contribution in [2.75, 3.05) is 29.8 Å². The third-order valence-corrected chi connectivity index (χ3v) is 4.57. The summed E-state index contributed by atoms with van der Waals surface area (Å²) < 4.78 is 23.2. The van der Waals surface area contributed by atoms with Gasteiger partial charge in [-0.15, -0.1) is 0 Å². The van der Waals surface area contributed by atoms with Crippen molar-refractivity contribution in [3.8, 4) is 0 Å². The van der Waals surface area contributed by atoms with Crippen molar-refractivity contribution in [3.63, 3.8) is 0 Å². The molecule has 0 spiro atoms. The van der Waals surface area contributed by atoms with Gasteiger partial charge in [0.2, 0.25) is 15.0 Å². The number of sulfone groups is 1. The van der Waals surface area contributed by atoms with Crippen molar-refractivity contribution in [2.45, 2.75) is 18.6 Å². The summed E-state index contributed by atoms with van der Waals surface area (Å²) in [5, 5.41) is -0.123. The Morgan fingerprint density at radius 2 is 1.95 bits per heavy atom. The first-order chi connectivity index (χ1) is 10.4. The maximum atomic E-state index is 11.6. The highest BCUT2D eigenvalue weighted by molar-refractivity contribution is 7.90. The standard InChI is InChI=1S/C15H18N4O2S/c1-11-6-4-5-7-13(11)19-9-12-8-16-15(22(3,20)21)17-14(12)18(2)10-19/h4-8H,9-10H2,1-3H3. The molecule has 2 heterocycles. The zero-order chi connectivity index (χ0) is 15.9. The molecule has 0 aliphatic carbocycles. The fourth-order valence-electron chi connectivity index (χ4n) is 2.66. The smallest absolute Gasteiger partial charge is 0.248 e. The number of benzene rings is 1. The topological polar surface area (TPSA) is 66.4 Å². The number of anilines is 2. The molecule has 0 saturated heterocycles. The first-order valence-electron chi connectivity index (χ1n) is 6.94. The zero-order valence-corrected chi connectivity index (χ0v) is 13.6. The van der Waals surface area contributed by atoms with Crippen molar-refractivity contribution in [3.05, 3.63) is 41.6 Å². The molecule has 2 aromatic rings. The third-order valence-electron chi connectivity index (χ3n) is 3.71. The fourth-order valence-corrected chi connectivity index (χ4v) is 3.16. The molecule has 0 amide bonds. The maximum absolute atomic E-state index is 11.6. The second-order valence-corrected chi connectivity index (χ2v) is 7.51. The van der Waals surface area contributed by atoms with Gasteiger partial charge in [-0.1, -0.05) is 18.2 Å². The van der Waals surface area contributed by atoms with E-state index in [0.717, 1.165) is 17.5 Å². The van der Waals surface area contributed by atoms with Crippen molar-refractivity contribution < 1.29 is 8.42 Å². The zero-order valence-electron chi connectivity index (χ0n) is 12.8. The minimum absolute atomic E-state index is 0.123. The molecule has 1 aromatic carbocycles. The summed E-state index contributed by atoms with van der Waals surface area (Å²) >= 11 is 0. The number of aryl methyl sites for hydroxylation is 1. The summed E-state index contributed by atoms with van der Waals surface area (Å²) in [5.41, 5.74) is 3.28. The lowest BCUT2D eigenvalue weighted by atomic mass is 10.1. The van der Waals surface area contributed by atoms with Crippen LogP contribution in [0.4, 0.5) is 11.5 Å². The molecule has 22 heavy (non-hydrogen) atoms. The molecular weight excluding hydrogens is 300 g/mol. The Bertz CT molecular complexity index is 820. The van der Waals surface area contributed by atoms with E-state index in [2.05, 4.69) is 33.9 Å². The van der Waals surface area contributed by atoms with Gasteiger partial charge in [0, 0.05) is 37.3 Å². The molecular formula is C15H18N4O2S. The summed E-state index contributed by atoms with van der Waals surface area (Å²) in [6.45, 7) is 3.39. The van der Waals surface area contributed by atoms with E-state index in [1.165, 1.54) is 5.56 Å². The van der Waals surface area contributed by atoms with Crippen molar-refractivity contribution in [2.24, 2.45) is 0 Å². The van der Waals surface area contributed by atoms with Crippen LogP contribution in [0.1, 0.15) is 11.1 Å². The summed E-state index contributed by atoms with van der Waals surface area (Å²) in [5.74, 6) is 0.681. The van der Waals surface area contributed by atoms with Crippen LogP contribution in [0, 0.1) is 6.92 Å². The monoisotopic (exact) mass is 318 g/mol. The Labute approximate surface area is 130 Å². The lowest BCUT2D eigenvalue weighted by Crippen LogP contribution is -2.41. The van der Waals surface area contributed by atoms with Gasteiger partial charge in [-0.2, -0.15) is 0 Å². The SMILES string of the molecule is Cc1ccccc1N1Cc2cnc(S(C)(=O)=O)nc2N(C)C1. The predicted molar refractivity (Wildman–Crippen MR) is 85.8 cm³/mol. The molecule has 1 aromatic heterocycles. The average molecular weight is 318 g/mol. The second kappa shape index (κ2) is 5.24. The van der Waals surface area contributed by atoms with Crippen LogP contribution < -0.4 is 9.80 Å². The van der Waals surface area contributed by atoms with E-state index < -0.39 is 9.84 Å². The Hall–Kier alpha value is -2.15. The molecule has 3 rings (SSSR count). The quantitative estimate of drug-likeness (QED) is 0.784.